The number of nitrogens with two attached hydrogens (primary N) is 2. The van der Waals surface area contributed by atoms with Crippen LogP contribution in [0.2, 0.25) is 5.02 Å². The van der Waals surface area contributed by atoms with Gasteiger partial charge in [0.2, 0.25) is 0 Å². The maximum absolute atomic E-state index is 15.1. The largest absolute Gasteiger partial charge is 0.379 e. The quantitative estimate of drug-likeness (QED) is 0.0687. The van der Waals surface area contributed by atoms with Crippen molar-refractivity contribution in [2.75, 3.05) is 18.8 Å². The molecule has 6 N–H and O–H groups in total. The van der Waals surface area contributed by atoms with Crippen LogP contribution in [0.5, 0.6) is 0 Å². The van der Waals surface area contributed by atoms with Gasteiger partial charge in [-0.1, -0.05) is 47.6 Å². The van der Waals surface area contributed by atoms with Crippen LogP contribution in [0.25, 0.3) is 28.0 Å². The van der Waals surface area contributed by atoms with E-state index in [-0.39, 0.29) is 22.3 Å². The topological polar surface area (TPSA) is 130 Å². The maximum atomic E-state index is 15.1. The van der Waals surface area contributed by atoms with E-state index in [4.69, 9.17) is 28.5 Å². The molecule has 2 atom stereocenters. The van der Waals surface area contributed by atoms with Gasteiger partial charge in [0.15, 0.2) is 11.0 Å². The molecule has 0 unspecified atom stereocenters. The van der Waals surface area contributed by atoms with E-state index in [0.717, 1.165) is 56.5 Å². The highest BCUT2D eigenvalue weighted by atomic mass is 35.5. The lowest BCUT2D eigenvalue weighted by Gasteiger charge is -2.33. The molecule has 0 amide bonds. The molecule has 2 aromatic heterocycles. The first-order chi connectivity index (χ1) is 20.7. The normalized spacial score (nSPS) is 16.1. The number of H-pyrrole nitrogens is 1. The Balaban J connectivity index is 1.37. The lowest BCUT2D eigenvalue weighted by atomic mass is 9.98. The number of amidine groups is 1. The van der Waals surface area contributed by atoms with Crippen LogP contribution in [0.1, 0.15) is 49.8 Å². The number of fused-ring (bicyclic) bond motifs is 1. The van der Waals surface area contributed by atoms with Crippen LogP contribution in [0, 0.1) is 11.2 Å². The van der Waals surface area contributed by atoms with E-state index in [1.807, 2.05) is 19.1 Å². The summed E-state index contributed by atoms with van der Waals surface area (Å²) in [5.74, 6) is 0.305. The van der Waals surface area contributed by atoms with Gasteiger partial charge in [0.1, 0.15) is 5.65 Å². The molecule has 0 bridgehead atoms. The minimum absolute atomic E-state index is 0.0570. The van der Waals surface area contributed by atoms with E-state index in [2.05, 4.69) is 39.2 Å². The SMILES string of the molecule is C[C@H](N)CCCc1cc(Cl)c(F)c(-c2cc3cn(-c4ccc([C@@H]5CC=CCN5CCCSC(=N)N)cc4)c(=O)nc3[nH]2)c1. The zero-order valence-electron chi connectivity index (χ0n) is 24.2. The van der Waals surface area contributed by atoms with Crippen molar-refractivity contribution in [2.45, 2.75) is 51.1 Å². The number of hydrogen-bond acceptors (Lipinski definition) is 6. The molecule has 43 heavy (non-hydrogen) atoms. The Morgan fingerprint density at radius 3 is 2.77 bits per heavy atom. The lowest BCUT2D eigenvalue weighted by Crippen LogP contribution is -2.32. The molecule has 11 heteroatoms. The number of aromatic nitrogens is 3. The van der Waals surface area contributed by atoms with Crippen molar-refractivity contribution in [1.29, 1.82) is 5.41 Å². The number of thioether (sulfide) groups is 1. The Morgan fingerprint density at radius 1 is 1.23 bits per heavy atom. The summed E-state index contributed by atoms with van der Waals surface area (Å²) in [6.45, 7) is 3.75. The number of nitrogens with one attached hydrogen (secondary N) is 2. The summed E-state index contributed by atoms with van der Waals surface area (Å²) >= 11 is 7.63. The lowest BCUT2D eigenvalue weighted by molar-refractivity contribution is 0.211. The summed E-state index contributed by atoms with van der Waals surface area (Å²) in [6.07, 6.45) is 10.5. The van der Waals surface area contributed by atoms with Crippen LogP contribution in [0.4, 0.5) is 4.39 Å². The fourth-order valence-corrected chi connectivity index (χ4v) is 6.29. The third-order valence-corrected chi connectivity index (χ3v) is 8.80. The van der Waals surface area contributed by atoms with Gasteiger partial charge < -0.3 is 16.5 Å². The predicted octanol–water partition coefficient (Wildman–Crippen LogP) is 6.16. The number of hydrogen-bond donors (Lipinski definition) is 4. The van der Waals surface area contributed by atoms with Crippen molar-refractivity contribution in [2.24, 2.45) is 11.5 Å². The Kier molecular flexibility index (Phi) is 10.0. The molecule has 1 aliphatic heterocycles. The first kappa shape index (κ1) is 31.0. The van der Waals surface area contributed by atoms with Gasteiger partial charge in [0.25, 0.3) is 0 Å². The molecule has 1 aliphatic rings. The molecule has 0 fully saturated rings. The van der Waals surface area contributed by atoms with Crippen molar-refractivity contribution in [3.05, 3.63) is 93.3 Å². The summed E-state index contributed by atoms with van der Waals surface area (Å²) < 4.78 is 16.6. The molecule has 226 valence electrons. The van der Waals surface area contributed by atoms with Gasteiger partial charge in [-0.25, -0.2) is 9.18 Å². The van der Waals surface area contributed by atoms with E-state index in [0.29, 0.717) is 28.0 Å². The third-order valence-electron chi connectivity index (χ3n) is 7.72. The summed E-state index contributed by atoms with van der Waals surface area (Å²) in [6, 6.07) is 13.6. The minimum Gasteiger partial charge on any atom is -0.379 e. The second-order valence-electron chi connectivity index (χ2n) is 11.1. The van der Waals surface area contributed by atoms with E-state index < -0.39 is 11.5 Å². The summed E-state index contributed by atoms with van der Waals surface area (Å²) in [5.41, 5.74) is 15.0. The van der Waals surface area contributed by atoms with E-state index >= 15 is 4.39 Å². The van der Waals surface area contributed by atoms with E-state index in [1.54, 1.807) is 24.4 Å². The number of halogens is 2. The van der Waals surface area contributed by atoms with Crippen molar-refractivity contribution >= 4 is 39.6 Å². The van der Waals surface area contributed by atoms with Gasteiger partial charge in [0.05, 0.1) is 16.4 Å². The van der Waals surface area contributed by atoms with E-state index in [9.17, 15) is 4.79 Å². The molecule has 3 heterocycles. The second kappa shape index (κ2) is 13.9. The van der Waals surface area contributed by atoms with Gasteiger partial charge in [-0.15, -0.1) is 0 Å². The number of aromatic amines is 1. The smallest absolute Gasteiger partial charge is 0.354 e. The van der Waals surface area contributed by atoms with Gasteiger partial charge >= 0.3 is 5.69 Å². The molecule has 0 saturated carbocycles. The summed E-state index contributed by atoms with van der Waals surface area (Å²) in [7, 11) is 0. The Hall–Kier alpha value is -3.44. The highest BCUT2D eigenvalue weighted by Crippen LogP contribution is 2.32. The summed E-state index contributed by atoms with van der Waals surface area (Å²) in [4.78, 5) is 22.8. The predicted molar refractivity (Wildman–Crippen MR) is 176 cm³/mol. The number of rotatable bonds is 11. The number of benzene rings is 2. The first-order valence-corrected chi connectivity index (χ1v) is 15.9. The fraction of sp³-hybridized carbons (Fsp3) is 0.344. The Labute approximate surface area is 259 Å². The fourth-order valence-electron chi connectivity index (χ4n) is 5.55. The maximum Gasteiger partial charge on any atom is 0.354 e. The average Bonchev–Trinajstić information content (AvgIpc) is 3.39. The highest BCUT2D eigenvalue weighted by Gasteiger charge is 2.21. The van der Waals surface area contributed by atoms with Crippen LogP contribution in [0.3, 0.4) is 0 Å². The molecular formula is C32H37ClFN7OS. The molecule has 0 saturated heterocycles. The molecular weight excluding hydrogens is 585 g/mol. The molecule has 4 aromatic rings. The van der Waals surface area contributed by atoms with Crippen molar-refractivity contribution in [3.8, 4) is 16.9 Å². The first-order valence-electron chi connectivity index (χ1n) is 14.5. The molecule has 8 nitrogen and oxygen atoms in total. The van der Waals surface area contributed by atoms with E-state index in [1.165, 1.54) is 21.9 Å². The standard InChI is InChI=1S/C32H37ClFN7OS/c1-20(35)6-4-7-21-16-25(29(34)26(33)17-21)27-18-23-19-41(32(42)39-30(23)38-27)24-11-9-22(10-12-24)28-8-2-3-13-40(28)14-5-15-43-31(36)37/h2-3,9-12,16-20,28H,4-8,13-15,35H2,1H3,(H3,36,37)(H,38,39,42)/t20-,28-/m0/s1. The summed E-state index contributed by atoms with van der Waals surface area (Å²) in [5, 5.41) is 8.29. The Bertz CT molecular complexity index is 1680. The van der Waals surface area contributed by atoms with Gasteiger partial charge in [-0.3, -0.25) is 14.9 Å². The van der Waals surface area contributed by atoms with Crippen LogP contribution in [0.15, 0.2) is 65.6 Å². The van der Waals surface area contributed by atoms with Crippen molar-refractivity contribution in [3.63, 3.8) is 0 Å². The van der Waals surface area contributed by atoms with Crippen molar-refractivity contribution in [1.82, 2.24) is 19.4 Å². The van der Waals surface area contributed by atoms with Crippen molar-refractivity contribution < 1.29 is 4.39 Å². The second-order valence-corrected chi connectivity index (χ2v) is 12.6. The Morgan fingerprint density at radius 2 is 2.02 bits per heavy atom. The molecule has 5 rings (SSSR count). The molecule has 0 aliphatic carbocycles. The zero-order valence-corrected chi connectivity index (χ0v) is 25.7. The molecule has 0 radical (unpaired) electrons. The number of aryl methyl sites for hydroxylation is 1. The van der Waals surface area contributed by atoms with Gasteiger partial charge in [-0.2, -0.15) is 4.98 Å². The van der Waals surface area contributed by atoms with Crippen LogP contribution in [-0.4, -0.2) is 49.5 Å². The van der Waals surface area contributed by atoms with Crippen LogP contribution in [-0.2, 0) is 6.42 Å². The van der Waals surface area contributed by atoms with Crippen LogP contribution < -0.4 is 17.2 Å². The third kappa shape index (κ3) is 7.56. The molecule has 2 aromatic carbocycles. The van der Waals surface area contributed by atoms with Gasteiger partial charge in [-0.05, 0) is 87.0 Å². The zero-order chi connectivity index (χ0) is 30.5. The monoisotopic (exact) mass is 621 g/mol. The number of nitrogens with zero attached hydrogens (tertiary/aromatic N) is 3. The van der Waals surface area contributed by atoms with Gasteiger partial charge in [0, 0.05) is 41.5 Å². The highest BCUT2D eigenvalue weighted by molar-refractivity contribution is 8.13. The average molecular weight is 622 g/mol. The van der Waals surface area contributed by atoms with Crippen LogP contribution >= 0.6 is 23.4 Å². The molecule has 0 spiro atoms. The minimum atomic E-state index is -0.515.